The number of hydrogen-bond acceptors (Lipinski definition) is 4. The molecular formula is C22H31N3O3. The molecule has 0 aliphatic carbocycles. The zero-order valence-electron chi connectivity index (χ0n) is 16.8. The van der Waals surface area contributed by atoms with Crippen molar-refractivity contribution in [3.8, 4) is 0 Å². The predicted octanol–water partition coefficient (Wildman–Crippen LogP) is 1.93. The molecule has 2 saturated heterocycles. The minimum absolute atomic E-state index is 0.00394. The lowest BCUT2D eigenvalue weighted by Gasteiger charge is -2.40. The average Bonchev–Trinajstić information content (AvgIpc) is 2.78. The van der Waals surface area contributed by atoms with Crippen molar-refractivity contribution >= 4 is 17.5 Å². The van der Waals surface area contributed by atoms with Crippen LogP contribution in [0.2, 0.25) is 0 Å². The lowest BCUT2D eigenvalue weighted by Crippen LogP contribution is -2.54. The molecule has 0 spiro atoms. The molecule has 0 aromatic heterocycles. The van der Waals surface area contributed by atoms with Crippen LogP contribution in [-0.4, -0.2) is 73.6 Å². The Hall–Kier alpha value is -1.92. The predicted molar refractivity (Wildman–Crippen MR) is 108 cm³/mol. The number of amides is 2. The van der Waals surface area contributed by atoms with Crippen LogP contribution in [0.3, 0.4) is 0 Å². The fraction of sp³-hybridized carbons (Fsp3) is 0.636. The Kier molecular flexibility index (Phi) is 5.97. The first-order chi connectivity index (χ1) is 13.6. The quantitative estimate of drug-likeness (QED) is 0.798. The van der Waals surface area contributed by atoms with Gasteiger partial charge in [-0.15, -0.1) is 0 Å². The van der Waals surface area contributed by atoms with Crippen molar-refractivity contribution in [2.45, 2.75) is 38.6 Å². The SMILES string of the molecule is CC(C(=O)N1CCCc2ccccc21)N1CCCC(C(=O)N2CCOCC2)C1. The van der Waals surface area contributed by atoms with E-state index in [9.17, 15) is 9.59 Å². The second-order valence-electron chi connectivity index (χ2n) is 8.17. The summed E-state index contributed by atoms with van der Waals surface area (Å²) in [5, 5.41) is 0. The number of ether oxygens (including phenoxy) is 1. The topological polar surface area (TPSA) is 53.1 Å². The number of benzene rings is 1. The van der Waals surface area contributed by atoms with Gasteiger partial charge in [-0.3, -0.25) is 14.5 Å². The first-order valence-corrected chi connectivity index (χ1v) is 10.6. The summed E-state index contributed by atoms with van der Waals surface area (Å²) in [7, 11) is 0. The van der Waals surface area contributed by atoms with Gasteiger partial charge in [-0.1, -0.05) is 18.2 Å². The Balaban J connectivity index is 1.42. The maximum absolute atomic E-state index is 13.3. The van der Waals surface area contributed by atoms with Gasteiger partial charge in [0.1, 0.15) is 0 Å². The molecule has 0 saturated carbocycles. The maximum Gasteiger partial charge on any atom is 0.244 e. The van der Waals surface area contributed by atoms with E-state index >= 15 is 0 Å². The zero-order chi connectivity index (χ0) is 19.5. The van der Waals surface area contributed by atoms with E-state index in [1.54, 1.807) is 0 Å². The molecule has 1 aromatic rings. The van der Waals surface area contributed by atoms with Gasteiger partial charge in [0.25, 0.3) is 0 Å². The molecule has 4 rings (SSSR count). The minimum atomic E-state index is -0.202. The van der Waals surface area contributed by atoms with Gasteiger partial charge in [-0.2, -0.15) is 0 Å². The molecule has 2 atom stereocenters. The van der Waals surface area contributed by atoms with Crippen LogP contribution in [-0.2, 0) is 20.7 Å². The number of carbonyl (C=O) groups excluding carboxylic acids is 2. The van der Waals surface area contributed by atoms with Gasteiger partial charge in [0, 0.05) is 31.9 Å². The molecule has 0 N–H and O–H groups in total. The highest BCUT2D eigenvalue weighted by Crippen LogP contribution is 2.29. The molecule has 2 amide bonds. The number of aryl methyl sites for hydroxylation is 1. The van der Waals surface area contributed by atoms with E-state index < -0.39 is 0 Å². The molecule has 6 nitrogen and oxygen atoms in total. The van der Waals surface area contributed by atoms with Crippen LogP contribution in [0.4, 0.5) is 5.69 Å². The van der Waals surface area contributed by atoms with Crippen LogP contribution < -0.4 is 4.90 Å². The third-order valence-electron chi connectivity index (χ3n) is 6.41. The van der Waals surface area contributed by atoms with Gasteiger partial charge in [-0.05, 0) is 50.8 Å². The van der Waals surface area contributed by atoms with Gasteiger partial charge < -0.3 is 14.5 Å². The second-order valence-corrected chi connectivity index (χ2v) is 8.17. The fourth-order valence-electron chi connectivity index (χ4n) is 4.75. The number of piperidine rings is 1. The Bertz CT molecular complexity index is 717. The summed E-state index contributed by atoms with van der Waals surface area (Å²) in [5.41, 5.74) is 2.32. The van der Waals surface area contributed by atoms with Crippen LogP contribution >= 0.6 is 0 Å². The summed E-state index contributed by atoms with van der Waals surface area (Å²) in [6, 6.07) is 8.03. The first kappa shape index (κ1) is 19.4. The maximum atomic E-state index is 13.3. The Morgan fingerprint density at radius 3 is 2.68 bits per heavy atom. The van der Waals surface area contributed by atoms with Crippen molar-refractivity contribution in [2.24, 2.45) is 5.92 Å². The highest BCUT2D eigenvalue weighted by Gasteiger charge is 2.35. The monoisotopic (exact) mass is 385 g/mol. The highest BCUT2D eigenvalue weighted by molar-refractivity contribution is 5.98. The molecule has 0 bridgehead atoms. The summed E-state index contributed by atoms with van der Waals surface area (Å²) in [5.74, 6) is 0.387. The Morgan fingerprint density at radius 1 is 1.07 bits per heavy atom. The van der Waals surface area contributed by atoms with Crippen molar-refractivity contribution in [2.75, 3.05) is 50.8 Å². The number of nitrogens with zero attached hydrogens (tertiary/aromatic N) is 3. The van der Waals surface area contributed by atoms with Gasteiger partial charge in [0.15, 0.2) is 0 Å². The number of likely N-dealkylation sites (tertiary alicyclic amines) is 1. The van der Waals surface area contributed by atoms with E-state index in [2.05, 4.69) is 17.0 Å². The number of hydrogen-bond donors (Lipinski definition) is 0. The molecule has 3 aliphatic heterocycles. The minimum Gasteiger partial charge on any atom is -0.378 e. The normalized spacial score (nSPS) is 24.5. The summed E-state index contributed by atoms with van der Waals surface area (Å²) >= 11 is 0. The molecule has 3 heterocycles. The first-order valence-electron chi connectivity index (χ1n) is 10.6. The van der Waals surface area contributed by atoms with E-state index in [1.807, 2.05) is 28.9 Å². The lowest BCUT2D eigenvalue weighted by molar-refractivity contribution is -0.142. The highest BCUT2D eigenvalue weighted by atomic mass is 16.5. The molecule has 2 fully saturated rings. The summed E-state index contributed by atoms with van der Waals surface area (Å²) in [6.45, 7) is 6.98. The van der Waals surface area contributed by atoms with Crippen molar-refractivity contribution in [3.63, 3.8) is 0 Å². The Morgan fingerprint density at radius 2 is 1.86 bits per heavy atom. The Labute approximate surface area is 167 Å². The third-order valence-corrected chi connectivity index (χ3v) is 6.41. The number of rotatable bonds is 3. The number of carbonyl (C=O) groups is 2. The van der Waals surface area contributed by atoms with Crippen molar-refractivity contribution in [3.05, 3.63) is 29.8 Å². The number of anilines is 1. The van der Waals surface area contributed by atoms with Crippen molar-refractivity contribution in [1.82, 2.24) is 9.80 Å². The molecule has 1 aromatic carbocycles. The number of fused-ring (bicyclic) bond motifs is 1. The second kappa shape index (κ2) is 8.62. The van der Waals surface area contributed by atoms with Crippen LogP contribution in [0.25, 0.3) is 0 Å². The average molecular weight is 386 g/mol. The molecule has 2 unspecified atom stereocenters. The van der Waals surface area contributed by atoms with Gasteiger partial charge in [-0.25, -0.2) is 0 Å². The fourth-order valence-corrected chi connectivity index (χ4v) is 4.75. The summed E-state index contributed by atoms with van der Waals surface area (Å²) < 4.78 is 5.37. The largest absolute Gasteiger partial charge is 0.378 e. The van der Waals surface area contributed by atoms with Gasteiger partial charge in [0.05, 0.1) is 25.2 Å². The van der Waals surface area contributed by atoms with E-state index in [4.69, 9.17) is 4.74 Å². The van der Waals surface area contributed by atoms with Crippen LogP contribution in [0.5, 0.6) is 0 Å². The third kappa shape index (κ3) is 3.94. The molecule has 3 aliphatic rings. The van der Waals surface area contributed by atoms with Gasteiger partial charge in [0.2, 0.25) is 11.8 Å². The smallest absolute Gasteiger partial charge is 0.244 e. The lowest BCUT2D eigenvalue weighted by atomic mass is 9.94. The van der Waals surface area contributed by atoms with Crippen LogP contribution in [0.15, 0.2) is 24.3 Å². The van der Waals surface area contributed by atoms with E-state index in [-0.39, 0.29) is 23.8 Å². The zero-order valence-corrected chi connectivity index (χ0v) is 16.8. The van der Waals surface area contributed by atoms with Crippen LogP contribution in [0.1, 0.15) is 31.7 Å². The molecule has 6 heteroatoms. The molecular weight excluding hydrogens is 354 g/mol. The van der Waals surface area contributed by atoms with E-state index in [0.717, 1.165) is 44.5 Å². The van der Waals surface area contributed by atoms with Gasteiger partial charge >= 0.3 is 0 Å². The standard InChI is InChI=1S/C22H31N3O3/c1-17(21(26)25-11-5-7-18-6-2-3-9-20(18)25)24-10-4-8-19(16-24)22(27)23-12-14-28-15-13-23/h2-3,6,9,17,19H,4-5,7-8,10-16H2,1H3. The summed E-state index contributed by atoms with van der Waals surface area (Å²) in [6.07, 6.45) is 3.93. The number of para-hydroxylation sites is 1. The van der Waals surface area contributed by atoms with Crippen molar-refractivity contribution < 1.29 is 14.3 Å². The van der Waals surface area contributed by atoms with E-state index in [0.29, 0.717) is 32.8 Å². The molecule has 0 radical (unpaired) electrons. The summed E-state index contributed by atoms with van der Waals surface area (Å²) in [4.78, 5) is 32.3. The van der Waals surface area contributed by atoms with E-state index in [1.165, 1.54) is 5.56 Å². The number of morpholine rings is 1. The van der Waals surface area contributed by atoms with Crippen molar-refractivity contribution in [1.29, 1.82) is 0 Å². The van der Waals surface area contributed by atoms with Crippen LogP contribution in [0, 0.1) is 5.92 Å². The molecule has 152 valence electrons. The molecule has 28 heavy (non-hydrogen) atoms.